The predicted molar refractivity (Wildman–Crippen MR) is 63.5 cm³/mol. The van der Waals surface area contributed by atoms with E-state index in [-0.39, 0.29) is 5.57 Å². The molecule has 0 amide bonds. The molecule has 16 heavy (non-hydrogen) atoms. The molecule has 0 spiro atoms. The molecule has 3 nitrogen and oxygen atoms in total. The highest BCUT2D eigenvalue weighted by Crippen LogP contribution is 2.21. The molecule has 0 bridgehead atoms. The fraction of sp³-hybridized carbons (Fsp3) is 0.385. The molecular formula is C13H15N3. The standard InChI is InChI=1S/C13H15N3/c1-9(2)16-10(3)5-13(11(16)4)6-12(7-14)8-15/h5-6,9H,1-4H3. The first-order valence-corrected chi connectivity index (χ1v) is 5.21. The van der Waals surface area contributed by atoms with Crippen LogP contribution in [0.2, 0.25) is 0 Å². The highest BCUT2D eigenvalue weighted by Gasteiger charge is 2.10. The van der Waals surface area contributed by atoms with Crippen molar-refractivity contribution < 1.29 is 0 Å². The third-order valence-corrected chi connectivity index (χ3v) is 2.58. The molecule has 0 radical (unpaired) electrons. The van der Waals surface area contributed by atoms with Crippen molar-refractivity contribution in [3.8, 4) is 12.1 Å². The van der Waals surface area contributed by atoms with E-state index in [4.69, 9.17) is 10.5 Å². The maximum Gasteiger partial charge on any atom is 0.130 e. The normalized spacial score (nSPS) is 9.69. The molecule has 82 valence electrons. The van der Waals surface area contributed by atoms with Gasteiger partial charge in [0.15, 0.2) is 0 Å². The van der Waals surface area contributed by atoms with Crippen LogP contribution in [0.15, 0.2) is 11.6 Å². The van der Waals surface area contributed by atoms with Gasteiger partial charge in [-0.15, -0.1) is 0 Å². The quantitative estimate of drug-likeness (QED) is 0.709. The third kappa shape index (κ3) is 2.15. The van der Waals surface area contributed by atoms with Crippen molar-refractivity contribution in [2.45, 2.75) is 33.7 Å². The second kappa shape index (κ2) is 4.68. The molecule has 0 saturated carbocycles. The molecule has 0 aliphatic rings. The van der Waals surface area contributed by atoms with Crippen LogP contribution in [0.1, 0.15) is 36.8 Å². The van der Waals surface area contributed by atoms with E-state index in [1.54, 1.807) is 6.08 Å². The van der Waals surface area contributed by atoms with Gasteiger partial charge in [0.2, 0.25) is 0 Å². The summed E-state index contributed by atoms with van der Waals surface area (Å²) >= 11 is 0. The molecule has 0 aromatic carbocycles. The molecule has 3 heteroatoms. The Bertz CT molecular complexity index is 489. The third-order valence-electron chi connectivity index (χ3n) is 2.58. The maximum atomic E-state index is 8.72. The van der Waals surface area contributed by atoms with E-state index in [1.165, 1.54) is 0 Å². The lowest BCUT2D eigenvalue weighted by Crippen LogP contribution is -2.04. The monoisotopic (exact) mass is 213 g/mol. The fourth-order valence-corrected chi connectivity index (χ4v) is 1.99. The molecule has 1 rings (SSSR count). The number of allylic oxidation sites excluding steroid dienone is 1. The topological polar surface area (TPSA) is 52.5 Å². The van der Waals surface area contributed by atoms with E-state index < -0.39 is 0 Å². The van der Waals surface area contributed by atoms with E-state index in [0.717, 1.165) is 17.0 Å². The average molecular weight is 213 g/mol. The number of hydrogen-bond donors (Lipinski definition) is 0. The van der Waals surface area contributed by atoms with Gasteiger partial charge in [0.1, 0.15) is 17.7 Å². The van der Waals surface area contributed by atoms with Gasteiger partial charge in [-0.2, -0.15) is 10.5 Å². The van der Waals surface area contributed by atoms with E-state index in [9.17, 15) is 0 Å². The number of aromatic nitrogens is 1. The van der Waals surface area contributed by atoms with Crippen LogP contribution in [0.4, 0.5) is 0 Å². The van der Waals surface area contributed by atoms with Crippen molar-refractivity contribution in [1.82, 2.24) is 4.57 Å². The molecule has 0 aliphatic carbocycles. The highest BCUT2D eigenvalue weighted by molar-refractivity contribution is 5.64. The predicted octanol–water partition coefficient (Wildman–Crippen LogP) is 3.12. The molecular weight excluding hydrogens is 198 g/mol. The Morgan fingerprint density at radius 3 is 2.25 bits per heavy atom. The van der Waals surface area contributed by atoms with Gasteiger partial charge >= 0.3 is 0 Å². The zero-order valence-corrected chi connectivity index (χ0v) is 10.1. The summed E-state index contributed by atoms with van der Waals surface area (Å²) in [6, 6.07) is 6.14. The first-order valence-electron chi connectivity index (χ1n) is 5.21. The van der Waals surface area contributed by atoms with E-state index in [2.05, 4.69) is 18.4 Å². The van der Waals surface area contributed by atoms with Gasteiger partial charge in [-0.05, 0) is 45.4 Å². The molecule has 0 atom stereocenters. The van der Waals surface area contributed by atoms with Crippen LogP contribution in [-0.2, 0) is 0 Å². The highest BCUT2D eigenvalue weighted by atomic mass is 15.0. The number of hydrogen-bond acceptors (Lipinski definition) is 2. The van der Waals surface area contributed by atoms with Crippen LogP contribution in [0.5, 0.6) is 0 Å². The van der Waals surface area contributed by atoms with Crippen LogP contribution in [0.3, 0.4) is 0 Å². The summed E-state index contributed by atoms with van der Waals surface area (Å²) < 4.78 is 2.19. The summed E-state index contributed by atoms with van der Waals surface area (Å²) in [6.45, 7) is 8.26. The van der Waals surface area contributed by atoms with Crippen molar-refractivity contribution in [3.05, 3.63) is 28.6 Å². The van der Waals surface area contributed by atoms with Gasteiger partial charge in [0.25, 0.3) is 0 Å². The summed E-state index contributed by atoms with van der Waals surface area (Å²) in [5, 5.41) is 17.4. The Balaban J connectivity index is 3.31. The molecule has 1 aromatic rings. The number of nitriles is 2. The fourth-order valence-electron chi connectivity index (χ4n) is 1.99. The van der Waals surface area contributed by atoms with E-state index in [0.29, 0.717) is 6.04 Å². The van der Waals surface area contributed by atoms with Gasteiger partial charge in [0, 0.05) is 17.4 Å². The van der Waals surface area contributed by atoms with Crippen LogP contribution in [0.25, 0.3) is 6.08 Å². The van der Waals surface area contributed by atoms with Crippen molar-refractivity contribution in [1.29, 1.82) is 10.5 Å². The minimum absolute atomic E-state index is 0.143. The minimum Gasteiger partial charge on any atom is -0.346 e. The Morgan fingerprint density at radius 2 is 1.88 bits per heavy atom. The second-order valence-corrected chi connectivity index (χ2v) is 4.07. The van der Waals surface area contributed by atoms with Gasteiger partial charge < -0.3 is 4.57 Å². The lowest BCUT2D eigenvalue weighted by Gasteiger charge is -2.13. The Hall–Kier alpha value is -2.00. The molecule has 0 fully saturated rings. The van der Waals surface area contributed by atoms with Crippen LogP contribution >= 0.6 is 0 Å². The molecule has 0 unspecified atom stereocenters. The summed E-state index contributed by atoms with van der Waals surface area (Å²) in [5.41, 5.74) is 3.33. The number of aryl methyl sites for hydroxylation is 1. The van der Waals surface area contributed by atoms with Crippen molar-refractivity contribution in [2.75, 3.05) is 0 Å². The smallest absolute Gasteiger partial charge is 0.130 e. The first kappa shape index (κ1) is 12.1. The molecule has 0 N–H and O–H groups in total. The largest absolute Gasteiger partial charge is 0.346 e. The Morgan fingerprint density at radius 1 is 1.31 bits per heavy atom. The van der Waals surface area contributed by atoms with Gasteiger partial charge in [0.05, 0.1) is 0 Å². The van der Waals surface area contributed by atoms with Gasteiger partial charge in [-0.25, -0.2) is 0 Å². The average Bonchev–Trinajstić information content (AvgIpc) is 2.50. The van der Waals surface area contributed by atoms with E-state index in [1.807, 2.05) is 32.1 Å². The minimum atomic E-state index is 0.143. The van der Waals surface area contributed by atoms with Gasteiger partial charge in [-0.3, -0.25) is 0 Å². The molecule has 1 heterocycles. The number of rotatable bonds is 2. The Labute approximate surface area is 96.2 Å². The summed E-state index contributed by atoms with van der Waals surface area (Å²) in [6.07, 6.45) is 1.64. The number of nitrogens with zero attached hydrogens (tertiary/aromatic N) is 3. The molecule has 0 saturated heterocycles. The van der Waals surface area contributed by atoms with Crippen LogP contribution in [0, 0.1) is 36.5 Å². The lowest BCUT2D eigenvalue weighted by molar-refractivity contribution is 0.574. The van der Waals surface area contributed by atoms with E-state index >= 15 is 0 Å². The first-order chi connectivity index (χ1) is 7.51. The SMILES string of the molecule is Cc1cc(C=C(C#N)C#N)c(C)n1C(C)C. The van der Waals surface area contributed by atoms with Crippen LogP contribution < -0.4 is 0 Å². The summed E-state index contributed by atoms with van der Waals surface area (Å²) in [4.78, 5) is 0. The summed E-state index contributed by atoms with van der Waals surface area (Å²) in [5.74, 6) is 0. The summed E-state index contributed by atoms with van der Waals surface area (Å²) in [7, 11) is 0. The zero-order chi connectivity index (χ0) is 12.3. The second-order valence-electron chi connectivity index (χ2n) is 4.07. The van der Waals surface area contributed by atoms with Gasteiger partial charge in [-0.1, -0.05) is 0 Å². The molecule has 1 aromatic heterocycles. The van der Waals surface area contributed by atoms with Crippen molar-refractivity contribution in [2.24, 2.45) is 0 Å². The molecule has 0 aliphatic heterocycles. The zero-order valence-electron chi connectivity index (χ0n) is 10.1. The Kier molecular flexibility index (Phi) is 3.53. The lowest BCUT2D eigenvalue weighted by atomic mass is 10.1. The van der Waals surface area contributed by atoms with Crippen molar-refractivity contribution >= 4 is 6.08 Å². The van der Waals surface area contributed by atoms with Crippen molar-refractivity contribution in [3.63, 3.8) is 0 Å². The van der Waals surface area contributed by atoms with Crippen LogP contribution in [-0.4, -0.2) is 4.57 Å². The maximum absolute atomic E-state index is 8.72.